The number of halogens is 1. The minimum atomic E-state index is -0.271. The van der Waals surface area contributed by atoms with Crippen LogP contribution in [0.5, 0.6) is 5.75 Å². The molecule has 0 radical (unpaired) electrons. The third-order valence-corrected chi connectivity index (χ3v) is 3.59. The van der Waals surface area contributed by atoms with Crippen LogP contribution in [0, 0.1) is 0 Å². The number of carbonyl (C=O) groups excluding carboxylic acids is 2. The first-order valence-electron chi connectivity index (χ1n) is 7.52. The highest BCUT2D eigenvalue weighted by Crippen LogP contribution is 2.16. The van der Waals surface area contributed by atoms with E-state index in [1.54, 1.807) is 55.6 Å². The molecule has 0 saturated carbocycles. The third kappa shape index (κ3) is 5.59. The zero-order chi connectivity index (χ0) is 17.4. The largest absolute Gasteiger partial charge is 0.492 e. The summed E-state index contributed by atoms with van der Waals surface area (Å²) in [4.78, 5) is 25.4. The summed E-state index contributed by atoms with van der Waals surface area (Å²) < 4.78 is 5.54. The smallest absolute Gasteiger partial charge is 0.251 e. The topological polar surface area (TPSA) is 58.6 Å². The van der Waals surface area contributed by atoms with Crippen LogP contribution < -0.4 is 10.1 Å². The Bertz CT molecular complexity index is 692. The zero-order valence-corrected chi connectivity index (χ0v) is 14.1. The van der Waals surface area contributed by atoms with E-state index in [0.29, 0.717) is 29.5 Å². The van der Waals surface area contributed by atoms with Gasteiger partial charge in [-0.1, -0.05) is 35.9 Å². The quantitative estimate of drug-likeness (QED) is 0.838. The molecule has 0 bridgehead atoms. The van der Waals surface area contributed by atoms with Crippen LogP contribution in [0.4, 0.5) is 0 Å². The lowest BCUT2D eigenvalue weighted by Crippen LogP contribution is -2.39. The number of nitrogens with one attached hydrogen (secondary N) is 1. The van der Waals surface area contributed by atoms with Gasteiger partial charge >= 0.3 is 0 Å². The molecule has 0 aliphatic rings. The Morgan fingerprint density at radius 2 is 1.88 bits per heavy atom. The van der Waals surface area contributed by atoms with Crippen LogP contribution in [0.2, 0.25) is 5.02 Å². The number of amides is 2. The highest BCUT2D eigenvalue weighted by Gasteiger charge is 2.11. The van der Waals surface area contributed by atoms with Crippen molar-refractivity contribution in [2.24, 2.45) is 0 Å². The van der Waals surface area contributed by atoms with Crippen LogP contribution in [0.25, 0.3) is 0 Å². The number of hydrogen-bond acceptors (Lipinski definition) is 3. The minimum Gasteiger partial charge on any atom is -0.492 e. The molecule has 2 aromatic rings. The Hall–Kier alpha value is -2.53. The molecule has 0 heterocycles. The van der Waals surface area contributed by atoms with E-state index < -0.39 is 0 Å². The van der Waals surface area contributed by atoms with Crippen molar-refractivity contribution in [2.45, 2.75) is 0 Å². The summed E-state index contributed by atoms with van der Waals surface area (Å²) >= 11 is 5.87. The van der Waals surface area contributed by atoms with Gasteiger partial charge in [-0.05, 0) is 30.3 Å². The average Bonchev–Trinajstić information content (AvgIpc) is 2.60. The van der Waals surface area contributed by atoms with Gasteiger partial charge in [-0.15, -0.1) is 0 Å². The van der Waals surface area contributed by atoms with Gasteiger partial charge in [0.2, 0.25) is 5.91 Å². The maximum absolute atomic E-state index is 12.0. The lowest BCUT2D eigenvalue weighted by molar-refractivity contribution is -0.129. The lowest BCUT2D eigenvalue weighted by Gasteiger charge is -2.18. The van der Waals surface area contributed by atoms with Crippen LogP contribution in [-0.4, -0.2) is 43.5 Å². The van der Waals surface area contributed by atoms with Crippen molar-refractivity contribution in [3.8, 4) is 5.75 Å². The van der Waals surface area contributed by atoms with Crippen molar-refractivity contribution in [1.82, 2.24) is 10.2 Å². The Labute approximate surface area is 146 Å². The Kier molecular flexibility index (Phi) is 6.63. The number of ether oxygens (including phenoxy) is 1. The molecule has 6 heteroatoms. The van der Waals surface area contributed by atoms with Crippen LogP contribution in [0.15, 0.2) is 54.6 Å². The molecule has 5 nitrogen and oxygen atoms in total. The first kappa shape index (κ1) is 17.8. The summed E-state index contributed by atoms with van der Waals surface area (Å²) in [5, 5.41) is 3.20. The number of benzene rings is 2. The summed E-state index contributed by atoms with van der Waals surface area (Å²) in [6, 6.07) is 15.8. The van der Waals surface area contributed by atoms with Crippen molar-refractivity contribution >= 4 is 23.4 Å². The summed E-state index contributed by atoms with van der Waals surface area (Å²) in [6.45, 7) is 0.698. The van der Waals surface area contributed by atoms with E-state index >= 15 is 0 Å². The maximum Gasteiger partial charge on any atom is 0.251 e. The molecule has 0 aliphatic heterocycles. The van der Waals surface area contributed by atoms with Gasteiger partial charge < -0.3 is 15.0 Å². The Morgan fingerprint density at radius 1 is 1.12 bits per heavy atom. The fourth-order valence-electron chi connectivity index (χ4n) is 1.96. The molecule has 0 fully saturated rings. The molecular formula is C18H19ClN2O3. The Morgan fingerprint density at radius 3 is 2.58 bits per heavy atom. The van der Waals surface area contributed by atoms with E-state index in [1.807, 2.05) is 6.07 Å². The number of rotatable bonds is 7. The van der Waals surface area contributed by atoms with Crippen LogP contribution >= 0.6 is 11.6 Å². The van der Waals surface area contributed by atoms with Gasteiger partial charge in [-0.3, -0.25) is 9.59 Å². The van der Waals surface area contributed by atoms with E-state index in [9.17, 15) is 9.59 Å². The third-order valence-electron chi connectivity index (χ3n) is 3.35. The molecule has 0 spiro atoms. The molecule has 24 heavy (non-hydrogen) atoms. The van der Waals surface area contributed by atoms with E-state index in [2.05, 4.69) is 5.32 Å². The number of nitrogens with zero attached hydrogens (tertiary/aromatic N) is 1. The molecule has 0 saturated heterocycles. The van der Waals surface area contributed by atoms with Gasteiger partial charge in [-0.25, -0.2) is 0 Å². The molecule has 0 aromatic heterocycles. The van der Waals surface area contributed by atoms with Gasteiger partial charge in [0, 0.05) is 17.6 Å². The van der Waals surface area contributed by atoms with Crippen molar-refractivity contribution < 1.29 is 14.3 Å². The second-order valence-electron chi connectivity index (χ2n) is 5.17. The van der Waals surface area contributed by atoms with Crippen molar-refractivity contribution in [3.05, 3.63) is 65.2 Å². The van der Waals surface area contributed by atoms with Gasteiger partial charge in [-0.2, -0.15) is 0 Å². The minimum absolute atomic E-state index is 0.0542. The van der Waals surface area contributed by atoms with E-state index in [0.717, 1.165) is 0 Å². The van der Waals surface area contributed by atoms with Gasteiger partial charge in [0.25, 0.3) is 5.91 Å². The Balaban J connectivity index is 1.71. The second-order valence-corrected chi connectivity index (χ2v) is 5.61. The van der Waals surface area contributed by atoms with E-state index in [1.165, 1.54) is 4.90 Å². The molecule has 2 amide bonds. The zero-order valence-electron chi connectivity index (χ0n) is 13.4. The molecule has 0 aliphatic carbocycles. The molecular weight excluding hydrogens is 328 g/mol. The fourth-order valence-corrected chi connectivity index (χ4v) is 2.14. The van der Waals surface area contributed by atoms with E-state index in [4.69, 9.17) is 16.3 Å². The van der Waals surface area contributed by atoms with Gasteiger partial charge in [0.1, 0.15) is 12.4 Å². The van der Waals surface area contributed by atoms with Gasteiger partial charge in [0.15, 0.2) is 0 Å². The van der Waals surface area contributed by atoms with Crippen molar-refractivity contribution in [3.63, 3.8) is 0 Å². The predicted octanol–water partition coefficient (Wildman–Crippen LogP) is 2.61. The summed E-state index contributed by atoms with van der Waals surface area (Å²) in [5.74, 6) is 0.197. The normalized spacial score (nSPS) is 10.1. The molecule has 2 rings (SSSR count). The van der Waals surface area contributed by atoms with Crippen LogP contribution in [-0.2, 0) is 4.79 Å². The molecule has 2 aromatic carbocycles. The molecule has 0 unspecified atom stereocenters. The first-order valence-corrected chi connectivity index (χ1v) is 7.89. The first-order chi connectivity index (χ1) is 11.6. The molecule has 1 N–H and O–H groups in total. The SMILES string of the molecule is CN(CCOc1cccc(Cl)c1)C(=O)CNC(=O)c1ccccc1. The molecule has 0 atom stereocenters. The number of hydrogen-bond donors (Lipinski definition) is 1. The van der Waals surface area contributed by atoms with Crippen molar-refractivity contribution in [2.75, 3.05) is 26.7 Å². The van der Waals surface area contributed by atoms with Crippen LogP contribution in [0.1, 0.15) is 10.4 Å². The van der Waals surface area contributed by atoms with E-state index in [-0.39, 0.29) is 18.4 Å². The number of carbonyl (C=O) groups is 2. The highest BCUT2D eigenvalue weighted by molar-refractivity contribution is 6.30. The predicted molar refractivity (Wildman–Crippen MR) is 93.4 cm³/mol. The lowest BCUT2D eigenvalue weighted by atomic mass is 10.2. The molecule has 126 valence electrons. The highest BCUT2D eigenvalue weighted by atomic mass is 35.5. The standard InChI is InChI=1S/C18H19ClN2O3/c1-21(10-11-24-16-9-5-8-15(19)12-16)17(22)13-20-18(23)14-6-3-2-4-7-14/h2-9,12H,10-11,13H2,1H3,(H,20,23). The summed E-state index contributed by atoms with van der Waals surface area (Å²) in [5.41, 5.74) is 0.525. The monoisotopic (exact) mass is 346 g/mol. The summed E-state index contributed by atoms with van der Waals surface area (Å²) in [7, 11) is 1.67. The van der Waals surface area contributed by atoms with Crippen molar-refractivity contribution in [1.29, 1.82) is 0 Å². The van der Waals surface area contributed by atoms with Crippen LogP contribution in [0.3, 0.4) is 0 Å². The second kappa shape index (κ2) is 8.93. The number of likely N-dealkylation sites (N-methyl/N-ethyl adjacent to an activating group) is 1. The summed E-state index contributed by atoms with van der Waals surface area (Å²) in [6.07, 6.45) is 0. The maximum atomic E-state index is 12.0. The van der Waals surface area contributed by atoms with Gasteiger partial charge in [0.05, 0.1) is 13.1 Å². The fraction of sp³-hybridized carbons (Fsp3) is 0.222. The average molecular weight is 347 g/mol.